The Balaban J connectivity index is 1.42. The van der Waals surface area contributed by atoms with Crippen LogP contribution in [0.1, 0.15) is 23.2 Å². The highest BCUT2D eigenvalue weighted by atomic mass is 16.5. The van der Waals surface area contributed by atoms with E-state index in [4.69, 9.17) is 4.74 Å². The van der Waals surface area contributed by atoms with Crippen molar-refractivity contribution >= 4 is 17.7 Å². The topological polar surface area (TPSA) is 84.7 Å². The van der Waals surface area contributed by atoms with Crippen LogP contribution in [0, 0.1) is 0 Å². The number of nitrogens with zero attached hydrogens (tertiary/aromatic N) is 4. The molecule has 8 heteroatoms. The van der Waals surface area contributed by atoms with Crippen LogP contribution in [0.5, 0.6) is 0 Å². The van der Waals surface area contributed by atoms with Crippen LogP contribution in [0.2, 0.25) is 0 Å². The van der Waals surface area contributed by atoms with Crippen molar-refractivity contribution in [2.75, 3.05) is 26.3 Å². The summed E-state index contributed by atoms with van der Waals surface area (Å²) in [6.07, 6.45) is 4.68. The third-order valence-corrected chi connectivity index (χ3v) is 4.97. The number of aromatic nitrogens is 2. The lowest BCUT2D eigenvalue weighted by Crippen LogP contribution is -2.55. The molecule has 0 spiro atoms. The molecule has 4 rings (SSSR count). The minimum atomic E-state index is -0.289. The van der Waals surface area contributed by atoms with Crippen LogP contribution >= 0.6 is 0 Å². The van der Waals surface area contributed by atoms with E-state index < -0.39 is 0 Å². The largest absolute Gasteiger partial charge is 0.362 e. The molecule has 2 aliphatic rings. The highest BCUT2D eigenvalue weighted by Gasteiger charge is 2.35. The first-order chi connectivity index (χ1) is 13.1. The molecule has 2 aromatic rings. The van der Waals surface area contributed by atoms with Crippen molar-refractivity contribution in [2.24, 2.45) is 0 Å². The Morgan fingerprint density at radius 3 is 2.48 bits per heavy atom. The van der Waals surface area contributed by atoms with Crippen LogP contribution in [0.25, 0.3) is 5.69 Å². The third-order valence-electron chi connectivity index (χ3n) is 4.97. The van der Waals surface area contributed by atoms with Crippen molar-refractivity contribution in [1.29, 1.82) is 0 Å². The van der Waals surface area contributed by atoms with Gasteiger partial charge in [0.05, 0.1) is 5.69 Å². The van der Waals surface area contributed by atoms with E-state index in [1.807, 2.05) is 30.5 Å². The molecule has 0 atom stereocenters. The average Bonchev–Trinajstić information content (AvgIpc) is 3.23. The van der Waals surface area contributed by atoms with E-state index in [1.165, 1.54) is 4.90 Å². The number of likely N-dealkylation sites (tertiary alicyclic amines) is 1. The van der Waals surface area contributed by atoms with E-state index in [0.29, 0.717) is 31.5 Å². The van der Waals surface area contributed by atoms with Gasteiger partial charge < -0.3 is 9.64 Å². The summed E-state index contributed by atoms with van der Waals surface area (Å²) < 4.78 is 6.67. The summed E-state index contributed by atoms with van der Waals surface area (Å²) >= 11 is 0. The molecule has 140 valence electrons. The molecule has 0 saturated carbocycles. The van der Waals surface area contributed by atoms with Gasteiger partial charge in [0.25, 0.3) is 17.7 Å². The van der Waals surface area contributed by atoms with Gasteiger partial charge in [-0.1, -0.05) is 6.07 Å². The van der Waals surface area contributed by atoms with Crippen molar-refractivity contribution in [1.82, 2.24) is 19.6 Å². The van der Waals surface area contributed by atoms with Gasteiger partial charge in [0.15, 0.2) is 0 Å². The minimum Gasteiger partial charge on any atom is -0.362 e. The van der Waals surface area contributed by atoms with Crippen molar-refractivity contribution in [3.63, 3.8) is 0 Å². The predicted octanol–water partition coefficient (Wildman–Crippen LogP) is 0.862. The Morgan fingerprint density at radius 1 is 1.07 bits per heavy atom. The maximum Gasteiger partial charge on any atom is 0.255 e. The zero-order valence-electron chi connectivity index (χ0n) is 14.8. The summed E-state index contributed by atoms with van der Waals surface area (Å²) in [5.41, 5.74) is 1.42. The summed E-state index contributed by atoms with van der Waals surface area (Å²) in [6, 6.07) is 9.00. The van der Waals surface area contributed by atoms with Gasteiger partial charge in [0.1, 0.15) is 13.2 Å². The lowest BCUT2D eigenvalue weighted by Gasteiger charge is -2.38. The molecule has 2 fully saturated rings. The van der Waals surface area contributed by atoms with Crippen LogP contribution < -0.4 is 0 Å². The van der Waals surface area contributed by atoms with E-state index in [1.54, 1.807) is 21.8 Å². The Labute approximate surface area is 156 Å². The van der Waals surface area contributed by atoms with Crippen molar-refractivity contribution in [3.05, 3.63) is 48.3 Å². The molecule has 0 radical (unpaired) electrons. The third kappa shape index (κ3) is 3.48. The Bertz CT molecular complexity index is 840. The Morgan fingerprint density at radius 2 is 1.81 bits per heavy atom. The van der Waals surface area contributed by atoms with E-state index in [-0.39, 0.29) is 37.0 Å². The highest BCUT2D eigenvalue weighted by molar-refractivity contribution is 5.99. The van der Waals surface area contributed by atoms with Crippen molar-refractivity contribution in [2.45, 2.75) is 18.9 Å². The van der Waals surface area contributed by atoms with Gasteiger partial charge in [0, 0.05) is 37.1 Å². The fraction of sp³-hybridized carbons (Fsp3) is 0.368. The SMILES string of the molecule is O=C(c1cccc(-n2cccn2)c1)N1CCC(N2C(=O)COCC2=O)CC1. The van der Waals surface area contributed by atoms with E-state index in [2.05, 4.69) is 5.10 Å². The molecule has 3 amide bonds. The second-order valence-corrected chi connectivity index (χ2v) is 6.67. The molecule has 1 aromatic carbocycles. The quantitative estimate of drug-likeness (QED) is 0.751. The van der Waals surface area contributed by atoms with E-state index in [0.717, 1.165) is 5.69 Å². The molecule has 27 heavy (non-hydrogen) atoms. The standard InChI is InChI=1S/C19H20N4O4/c24-17-12-27-13-18(25)23(17)15-5-9-21(10-6-15)19(26)14-3-1-4-16(11-14)22-8-2-7-20-22/h1-4,7-8,11,15H,5-6,9-10,12-13H2. The summed E-state index contributed by atoms with van der Waals surface area (Å²) in [5.74, 6) is -0.631. The first-order valence-corrected chi connectivity index (χ1v) is 8.95. The number of piperidine rings is 1. The normalized spacial score (nSPS) is 18.8. The summed E-state index contributed by atoms with van der Waals surface area (Å²) in [4.78, 5) is 39.9. The van der Waals surface area contributed by atoms with Crippen molar-refractivity contribution < 1.29 is 19.1 Å². The predicted molar refractivity (Wildman–Crippen MR) is 95.2 cm³/mol. The Kier molecular flexibility index (Phi) is 4.72. The van der Waals surface area contributed by atoms with Crippen LogP contribution in [-0.4, -0.2) is 69.6 Å². The molecule has 3 heterocycles. The van der Waals surface area contributed by atoms with Crippen LogP contribution in [0.3, 0.4) is 0 Å². The Hall–Kier alpha value is -3.00. The number of morpholine rings is 1. The molecular formula is C19H20N4O4. The smallest absolute Gasteiger partial charge is 0.255 e. The van der Waals surface area contributed by atoms with Gasteiger partial charge in [-0.25, -0.2) is 4.68 Å². The number of hydrogen-bond donors (Lipinski definition) is 0. The molecule has 8 nitrogen and oxygen atoms in total. The molecule has 0 aliphatic carbocycles. The number of imide groups is 1. The first-order valence-electron chi connectivity index (χ1n) is 8.95. The number of carbonyl (C=O) groups excluding carboxylic acids is 3. The summed E-state index contributed by atoms with van der Waals surface area (Å²) in [5, 5.41) is 4.19. The number of ether oxygens (including phenoxy) is 1. The number of rotatable bonds is 3. The van der Waals surface area contributed by atoms with E-state index >= 15 is 0 Å². The fourth-order valence-corrected chi connectivity index (χ4v) is 3.62. The van der Waals surface area contributed by atoms with Crippen LogP contribution in [0.15, 0.2) is 42.7 Å². The average molecular weight is 368 g/mol. The van der Waals surface area contributed by atoms with E-state index in [9.17, 15) is 14.4 Å². The number of carbonyl (C=O) groups is 3. The fourth-order valence-electron chi connectivity index (χ4n) is 3.62. The van der Waals surface area contributed by atoms with Crippen LogP contribution in [0.4, 0.5) is 0 Å². The maximum atomic E-state index is 12.9. The molecule has 0 N–H and O–H groups in total. The molecule has 1 aromatic heterocycles. The first kappa shape index (κ1) is 17.4. The van der Waals surface area contributed by atoms with Crippen LogP contribution in [-0.2, 0) is 14.3 Å². The molecule has 2 aliphatic heterocycles. The van der Waals surface area contributed by atoms with Gasteiger partial charge in [-0.2, -0.15) is 5.10 Å². The number of benzene rings is 1. The van der Waals surface area contributed by atoms with Gasteiger partial charge in [-0.3, -0.25) is 19.3 Å². The second-order valence-electron chi connectivity index (χ2n) is 6.67. The lowest BCUT2D eigenvalue weighted by molar-refractivity contribution is -0.162. The van der Waals surface area contributed by atoms with Crippen molar-refractivity contribution in [3.8, 4) is 5.69 Å². The number of hydrogen-bond acceptors (Lipinski definition) is 5. The highest BCUT2D eigenvalue weighted by Crippen LogP contribution is 2.21. The number of amides is 3. The zero-order chi connectivity index (χ0) is 18.8. The van der Waals surface area contributed by atoms with Gasteiger partial charge in [-0.05, 0) is 37.1 Å². The second kappa shape index (κ2) is 7.32. The zero-order valence-corrected chi connectivity index (χ0v) is 14.8. The molecule has 0 bridgehead atoms. The summed E-state index contributed by atoms with van der Waals surface area (Å²) in [6.45, 7) is 0.914. The molecule has 2 saturated heterocycles. The maximum absolute atomic E-state index is 12.9. The van der Waals surface area contributed by atoms with Gasteiger partial charge in [-0.15, -0.1) is 0 Å². The van der Waals surface area contributed by atoms with Gasteiger partial charge in [0.2, 0.25) is 0 Å². The van der Waals surface area contributed by atoms with Gasteiger partial charge >= 0.3 is 0 Å². The minimum absolute atomic E-state index is 0.0505. The monoisotopic (exact) mass is 368 g/mol. The molecule has 0 unspecified atom stereocenters. The molecular weight excluding hydrogens is 348 g/mol. The summed E-state index contributed by atoms with van der Waals surface area (Å²) in [7, 11) is 0. The lowest BCUT2D eigenvalue weighted by atomic mass is 10.0.